The second kappa shape index (κ2) is 23.9. The number of anilines is 2. The molecular weight excluding hydrogens is 1100 g/mol. The van der Waals surface area contributed by atoms with Crippen molar-refractivity contribution in [2.75, 3.05) is 22.7 Å². The average Bonchev–Trinajstić information content (AvgIpc) is 4.37. The van der Waals surface area contributed by atoms with Crippen molar-refractivity contribution in [1.29, 1.82) is 0 Å². The summed E-state index contributed by atoms with van der Waals surface area (Å²) < 4.78 is 71.0. The molecule has 2 aromatic heterocycles. The summed E-state index contributed by atoms with van der Waals surface area (Å²) in [5.41, 5.74) is 8.09. The van der Waals surface area contributed by atoms with Gasteiger partial charge in [-0.05, 0) is 173 Å². The largest absolute Gasteiger partial charge is 0.478 e. The van der Waals surface area contributed by atoms with E-state index in [1.54, 1.807) is 24.3 Å². The summed E-state index contributed by atoms with van der Waals surface area (Å²) in [6, 6.07) is 27.4. The summed E-state index contributed by atoms with van der Waals surface area (Å²) in [6.45, 7) is 17.2. The lowest BCUT2D eigenvalue weighted by Gasteiger charge is -2.47. The number of rotatable bonds is 16. The molecule has 436 valence electrons. The van der Waals surface area contributed by atoms with E-state index in [-0.39, 0.29) is 82.1 Å². The van der Waals surface area contributed by atoms with Crippen molar-refractivity contribution in [2.45, 2.75) is 154 Å². The Morgan fingerprint density at radius 3 is 1.98 bits per heavy atom. The molecule has 2 atom stereocenters. The van der Waals surface area contributed by atoms with Crippen molar-refractivity contribution in [2.24, 2.45) is 22.7 Å². The van der Waals surface area contributed by atoms with Gasteiger partial charge in [-0.1, -0.05) is 76.2 Å². The van der Waals surface area contributed by atoms with Gasteiger partial charge in [0.1, 0.15) is 13.2 Å². The van der Waals surface area contributed by atoms with E-state index in [0.29, 0.717) is 52.3 Å². The third-order valence-electron chi connectivity index (χ3n) is 16.6. The van der Waals surface area contributed by atoms with Gasteiger partial charge in [-0.3, -0.25) is 4.79 Å². The van der Waals surface area contributed by atoms with Crippen LogP contribution >= 0.6 is 12.4 Å². The number of nitrogens with one attached hydrogen (secondary N) is 3. The van der Waals surface area contributed by atoms with Crippen molar-refractivity contribution in [3.8, 4) is 34.3 Å². The monoisotopic (exact) mass is 1170 g/mol. The van der Waals surface area contributed by atoms with Gasteiger partial charge >= 0.3 is 5.97 Å². The van der Waals surface area contributed by atoms with Crippen LogP contribution in [0.3, 0.4) is 0 Å². The van der Waals surface area contributed by atoms with E-state index in [2.05, 4.69) is 62.4 Å². The summed E-state index contributed by atoms with van der Waals surface area (Å²) >= 11 is 0. The second-order valence-electron chi connectivity index (χ2n) is 24.2. The Bertz CT molecular complexity index is 3550. The molecule has 1 amide bonds. The van der Waals surface area contributed by atoms with Gasteiger partial charge < -0.3 is 24.8 Å². The van der Waals surface area contributed by atoms with Gasteiger partial charge in [0.2, 0.25) is 23.7 Å². The van der Waals surface area contributed by atoms with Gasteiger partial charge in [-0.2, -0.15) is 9.97 Å². The Balaban J connectivity index is 0.000000195. The number of benzene rings is 4. The fraction of sp³-hybridized carbons (Fsp3) is 0.452. The Labute approximate surface area is 488 Å². The topological polar surface area (TPSA) is 232 Å². The summed E-state index contributed by atoms with van der Waals surface area (Å²) in [5.74, 6) is -0.256. The van der Waals surface area contributed by atoms with Crippen molar-refractivity contribution in [3.63, 3.8) is 0 Å². The van der Waals surface area contributed by atoms with Crippen molar-refractivity contribution < 1.29 is 41.0 Å². The number of carboxylic acid groups (broad SMARTS) is 1. The van der Waals surface area contributed by atoms with Crippen molar-refractivity contribution in [3.05, 3.63) is 130 Å². The molecule has 3 heterocycles. The lowest BCUT2D eigenvalue weighted by atomic mass is 9.75. The van der Waals surface area contributed by atoms with E-state index in [0.717, 1.165) is 65.1 Å². The van der Waals surface area contributed by atoms with E-state index in [1.165, 1.54) is 68.9 Å². The summed E-state index contributed by atoms with van der Waals surface area (Å²) in [6.07, 6.45) is 11.3. The zero-order valence-electron chi connectivity index (χ0n) is 47.9. The first-order valence-electron chi connectivity index (χ1n) is 28.2. The van der Waals surface area contributed by atoms with Crippen LogP contribution in [0, 0.1) is 50.4 Å². The average molecular weight is 1180 g/mol. The van der Waals surface area contributed by atoms with Gasteiger partial charge in [-0.25, -0.2) is 41.0 Å². The number of nitrogens with zero attached hydrogens (tertiary/aromatic N) is 5. The number of carbonyl (C=O) groups is 2. The van der Waals surface area contributed by atoms with Crippen LogP contribution < -0.4 is 24.2 Å². The number of fused-ring (bicyclic) bond motifs is 4. The number of aromatic carboxylic acids is 1. The smallest absolute Gasteiger partial charge is 0.335 e. The SMILES string of the molecule is Cc1cccc(C)c1-c1cc(OC[C@@H](CC(C)C)NC2CC3(CC3)C2)nc(NS(=O)(=O)c2cccc(C(=O)O)c2)n1.Cc1cccc(C)c1-c1cc2nc(n1)NS(=O)(=O)c1cccc(c1)C(=O)N(C1CC3(CC3)C1)[C@H](CC(C)C)CO2.Cl. The first kappa shape index (κ1) is 59.9. The highest BCUT2D eigenvalue weighted by atomic mass is 35.5. The molecule has 4 aliphatic carbocycles. The van der Waals surface area contributed by atoms with Crippen molar-refractivity contribution in [1.82, 2.24) is 30.2 Å². The van der Waals surface area contributed by atoms with E-state index in [4.69, 9.17) is 9.47 Å². The normalized spacial score (nSPS) is 19.5. The number of amides is 1. The van der Waals surface area contributed by atoms with E-state index in [9.17, 15) is 31.5 Å². The number of carboxylic acids is 1. The van der Waals surface area contributed by atoms with Crippen LogP contribution in [0.2, 0.25) is 0 Å². The summed E-state index contributed by atoms with van der Waals surface area (Å²) in [4.78, 5) is 45.3. The maximum Gasteiger partial charge on any atom is 0.335 e. The maximum atomic E-state index is 14.1. The molecule has 4 bridgehead atoms. The van der Waals surface area contributed by atoms with Crippen LogP contribution in [0.15, 0.2) is 107 Å². The number of halogens is 1. The predicted molar refractivity (Wildman–Crippen MR) is 319 cm³/mol. The molecular formula is C62H75ClN8O9S2. The highest BCUT2D eigenvalue weighted by molar-refractivity contribution is 7.93. The van der Waals surface area contributed by atoms with Crippen molar-refractivity contribution >= 4 is 56.2 Å². The standard InChI is InChI=1S/C31H38N4O5S.C31H36N4O4S.ClH/c1-19(2)13-23(32-24-16-31(17-24)11-12-31)18-40-27-15-26(28-20(3)7-5-8-21(28)4)33-30(34-27)35-41(38,39)25-10-6-9-22(14-25)29(36)37;1-19(2)13-23-18-39-27-15-26(28-20(3)7-5-8-21(28)4)32-30(33-27)34-40(37,38)25-10-6-9-22(14-25)29(36)35(23)24-16-31(17-24)11-12-31;/h5-10,14-15,19,23-24,32H,11-13,16-18H2,1-4H3,(H,36,37)(H,33,34,35);5-10,14-15,19,23-24H,11-13,16-18H2,1-4H3,(H,32,33,34);1H/t2*23-;/m11./s1. The fourth-order valence-corrected chi connectivity index (χ4v) is 14.2. The molecule has 4 N–H and O–H groups in total. The lowest BCUT2D eigenvalue weighted by Crippen LogP contribution is -2.55. The number of aromatic nitrogens is 4. The highest BCUT2D eigenvalue weighted by Gasteiger charge is 2.56. The van der Waals surface area contributed by atoms with Gasteiger partial charge in [0.15, 0.2) is 0 Å². The minimum absolute atomic E-state index is 0. The molecule has 1 aliphatic heterocycles. The summed E-state index contributed by atoms with van der Waals surface area (Å²) in [5, 5.41) is 13.1. The van der Waals surface area contributed by atoms with E-state index in [1.807, 2.05) is 69.0 Å². The molecule has 0 unspecified atom stereocenters. The van der Waals surface area contributed by atoms with Crippen LogP contribution in [0.25, 0.3) is 22.5 Å². The first-order valence-corrected chi connectivity index (χ1v) is 31.2. The molecule has 0 saturated heterocycles. The van der Waals surface area contributed by atoms with Crippen LogP contribution in [-0.4, -0.2) is 96.0 Å². The first-order chi connectivity index (χ1) is 38.5. The Morgan fingerprint density at radius 1 is 0.780 bits per heavy atom. The molecule has 17 nitrogen and oxygen atoms in total. The zero-order chi connectivity index (χ0) is 57.6. The predicted octanol–water partition coefficient (Wildman–Crippen LogP) is 11.8. The van der Waals surface area contributed by atoms with E-state index < -0.39 is 26.0 Å². The molecule has 20 heteroatoms. The van der Waals surface area contributed by atoms with Gasteiger partial charge in [0.05, 0.1) is 32.8 Å². The Morgan fingerprint density at radius 2 is 1.38 bits per heavy atom. The summed E-state index contributed by atoms with van der Waals surface area (Å²) in [7, 11) is -8.25. The minimum Gasteiger partial charge on any atom is -0.478 e. The molecule has 0 radical (unpaired) electrons. The van der Waals surface area contributed by atoms with E-state index >= 15 is 0 Å². The quantitative estimate of drug-likeness (QED) is 0.0706. The zero-order valence-corrected chi connectivity index (χ0v) is 50.3. The molecule has 6 aromatic rings. The number of hydrogen-bond donors (Lipinski definition) is 4. The number of carbonyl (C=O) groups excluding carboxylic acids is 1. The lowest BCUT2D eigenvalue weighted by molar-refractivity contribution is 0.00917. The van der Waals surface area contributed by atoms with Crippen LogP contribution in [0.5, 0.6) is 11.8 Å². The van der Waals surface area contributed by atoms with Gasteiger partial charge in [-0.15, -0.1) is 12.4 Å². The number of ether oxygens (including phenoxy) is 2. The Hall–Kier alpha value is -6.67. The molecule has 82 heavy (non-hydrogen) atoms. The third-order valence-corrected chi connectivity index (χ3v) is 19.2. The molecule has 5 aliphatic rings. The fourth-order valence-electron chi connectivity index (χ4n) is 12.2. The number of sulfonamides is 2. The van der Waals surface area contributed by atoms with Crippen LogP contribution in [0.4, 0.5) is 11.9 Å². The highest BCUT2D eigenvalue weighted by Crippen LogP contribution is 2.62. The number of hydrogen-bond acceptors (Lipinski definition) is 13. The maximum absolute atomic E-state index is 14.1. The van der Waals surface area contributed by atoms with Crippen LogP contribution in [0.1, 0.15) is 135 Å². The molecule has 2 spiro atoms. The van der Waals surface area contributed by atoms with Gasteiger partial charge in [0.25, 0.3) is 26.0 Å². The molecule has 4 aromatic carbocycles. The minimum atomic E-state index is -4.18. The third kappa shape index (κ3) is 13.7. The molecule has 4 fully saturated rings. The molecule has 11 rings (SSSR count). The second-order valence-corrected chi connectivity index (χ2v) is 27.6. The van der Waals surface area contributed by atoms with Crippen LogP contribution in [-0.2, 0) is 20.0 Å². The molecule has 4 saturated carbocycles. The Kier molecular flexibility index (Phi) is 17.5. The number of aryl methyl sites for hydroxylation is 4. The van der Waals surface area contributed by atoms with Gasteiger partial charge in [0, 0.05) is 46.9 Å².